The van der Waals surface area contributed by atoms with Gasteiger partial charge in [0.25, 0.3) is 0 Å². The maximum Gasteiger partial charge on any atom is 0.416 e. The second-order valence-electron chi connectivity index (χ2n) is 5.78. The second kappa shape index (κ2) is 5.66. The summed E-state index contributed by atoms with van der Waals surface area (Å²) in [5.41, 5.74) is 0.0308. The van der Waals surface area contributed by atoms with E-state index in [1.165, 1.54) is 13.0 Å². The lowest BCUT2D eigenvalue weighted by Crippen LogP contribution is -2.32. The van der Waals surface area contributed by atoms with Crippen LogP contribution in [-0.4, -0.2) is 18.2 Å². The standard InChI is InChI=1S/C16H17F3O3/c1-10(20)21-7-6-11-9-15(2,3)22-14-8-12(16(17,18)19)4-5-13(11)14/h4-6,8H,7,9H2,1-3H3. The fourth-order valence-electron chi connectivity index (χ4n) is 2.38. The SMILES string of the molecule is CC(=O)OCC=C1CC(C)(C)Oc2cc(C(F)(F)F)ccc21. The van der Waals surface area contributed by atoms with E-state index in [9.17, 15) is 18.0 Å². The largest absolute Gasteiger partial charge is 0.487 e. The molecule has 2 rings (SSSR count). The molecule has 0 amide bonds. The summed E-state index contributed by atoms with van der Waals surface area (Å²) in [4.78, 5) is 10.8. The Hall–Kier alpha value is -1.98. The van der Waals surface area contributed by atoms with Crippen molar-refractivity contribution in [2.24, 2.45) is 0 Å². The Labute approximate surface area is 126 Å². The van der Waals surface area contributed by atoms with E-state index in [4.69, 9.17) is 9.47 Å². The fourth-order valence-corrected chi connectivity index (χ4v) is 2.38. The molecule has 0 aliphatic carbocycles. The smallest absolute Gasteiger partial charge is 0.416 e. The van der Waals surface area contributed by atoms with E-state index in [0.717, 1.165) is 17.7 Å². The summed E-state index contributed by atoms with van der Waals surface area (Å²) in [6.07, 6.45) is -2.19. The Kier molecular flexibility index (Phi) is 4.22. The zero-order chi connectivity index (χ0) is 16.5. The molecule has 0 aromatic heterocycles. The molecule has 1 aliphatic rings. The predicted molar refractivity (Wildman–Crippen MR) is 75.4 cm³/mol. The molecule has 0 saturated carbocycles. The van der Waals surface area contributed by atoms with Crippen LogP contribution in [0.25, 0.3) is 5.57 Å². The van der Waals surface area contributed by atoms with Gasteiger partial charge in [-0.1, -0.05) is 6.07 Å². The minimum atomic E-state index is -4.42. The van der Waals surface area contributed by atoms with Gasteiger partial charge in [-0.05, 0) is 37.6 Å². The first-order valence-corrected chi connectivity index (χ1v) is 6.81. The minimum absolute atomic E-state index is 0.0845. The summed E-state index contributed by atoms with van der Waals surface area (Å²) in [5.74, 6) is -0.212. The maximum absolute atomic E-state index is 12.8. The van der Waals surface area contributed by atoms with Crippen LogP contribution < -0.4 is 4.74 Å². The Balaban J connectivity index is 2.39. The topological polar surface area (TPSA) is 35.5 Å². The Morgan fingerprint density at radius 1 is 1.41 bits per heavy atom. The van der Waals surface area contributed by atoms with E-state index >= 15 is 0 Å². The van der Waals surface area contributed by atoms with Gasteiger partial charge < -0.3 is 9.47 Å². The average molecular weight is 314 g/mol. The molecule has 1 aromatic carbocycles. The lowest BCUT2D eigenvalue weighted by Gasteiger charge is -2.34. The Bertz CT molecular complexity index is 616. The minimum Gasteiger partial charge on any atom is -0.487 e. The first-order valence-electron chi connectivity index (χ1n) is 6.81. The van der Waals surface area contributed by atoms with E-state index in [2.05, 4.69) is 0 Å². The monoisotopic (exact) mass is 314 g/mol. The molecule has 0 spiro atoms. The number of alkyl halides is 3. The number of benzene rings is 1. The van der Waals surface area contributed by atoms with E-state index in [1.807, 2.05) is 0 Å². The normalized spacial score (nSPS) is 18.5. The number of carbonyl (C=O) groups is 1. The number of fused-ring (bicyclic) bond motifs is 1. The van der Waals surface area contributed by atoms with Crippen molar-refractivity contribution in [2.45, 2.75) is 39.0 Å². The summed E-state index contributed by atoms with van der Waals surface area (Å²) in [6, 6.07) is 3.43. The lowest BCUT2D eigenvalue weighted by molar-refractivity contribution is -0.140. The van der Waals surface area contributed by atoms with Gasteiger partial charge in [-0.15, -0.1) is 0 Å². The van der Waals surface area contributed by atoms with E-state index < -0.39 is 23.3 Å². The molecule has 0 saturated heterocycles. The number of esters is 1. The molecule has 6 heteroatoms. The van der Waals surface area contributed by atoms with Crippen LogP contribution in [0.5, 0.6) is 5.75 Å². The molecular weight excluding hydrogens is 297 g/mol. The third-order valence-corrected chi connectivity index (χ3v) is 3.27. The van der Waals surface area contributed by atoms with Gasteiger partial charge in [0.2, 0.25) is 0 Å². The van der Waals surface area contributed by atoms with Gasteiger partial charge >= 0.3 is 12.1 Å². The third kappa shape index (κ3) is 3.81. The molecule has 1 aliphatic heterocycles. The summed E-state index contributed by atoms with van der Waals surface area (Å²) >= 11 is 0. The third-order valence-electron chi connectivity index (χ3n) is 3.27. The fraction of sp³-hybridized carbons (Fsp3) is 0.438. The highest BCUT2D eigenvalue weighted by Gasteiger charge is 2.35. The molecular formula is C16H17F3O3. The van der Waals surface area contributed by atoms with Gasteiger partial charge in [-0.3, -0.25) is 4.79 Å². The van der Waals surface area contributed by atoms with Gasteiger partial charge in [-0.25, -0.2) is 0 Å². The second-order valence-corrected chi connectivity index (χ2v) is 5.78. The van der Waals surface area contributed by atoms with Crippen LogP contribution in [0.2, 0.25) is 0 Å². The van der Waals surface area contributed by atoms with Gasteiger partial charge in [0.05, 0.1) is 5.56 Å². The van der Waals surface area contributed by atoms with Crippen molar-refractivity contribution >= 4 is 11.5 Å². The summed E-state index contributed by atoms with van der Waals surface area (Å²) in [6.45, 7) is 4.99. The Morgan fingerprint density at radius 2 is 2.09 bits per heavy atom. The van der Waals surface area contributed by atoms with E-state index in [0.29, 0.717) is 12.0 Å². The number of hydrogen-bond donors (Lipinski definition) is 0. The maximum atomic E-state index is 12.8. The molecule has 0 atom stereocenters. The zero-order valence-corrected chi connectivity index (χ0v) is 12.6. The summed E-state index contributed by atoms with van der Waals surface area (Å²) in [7, 11) is 0. The van der Waals surface area contributed by atoms with Crippen LogP contribution in [0, 0.1) is 0 Å². The van der Waals surface area contributed by atoms with Crippen LogP contribution in [-0.2, 0) is 15.7 Å². The molecule has 22 heavy (non-hydrogen) atoms. The van der Waals surface area contributed by atoms with Gasteiger partial charge in [0, 0.05) is 18.9 Å². The van der Waals surface area contributed by atoms with Crippen molar-refractivity contribution in [3.05, 3.63) is 35.4 Å². The quantitative estimate of drug-likeness (QED) is 0.767. The number of rotatable bonds is 2. The lowest BCUT2D eigenvalue weighted by atomic mass is 9.88. The molecule has 120 valence electrons. The van der Waals surface area contributed by atoms with E-state index in [1.54, 1.807) is 19.9 Å². The first kappa shape index (κ1) is 16.4. The van der Waals surface area contributed by atoms with Crippen molar-refractivity contribution in [2.75, 3.05) is 6.61 Å². The highest BCUT2D eigenvalue weighted by Crippen LogP contribution is 2.42. The van der Waals surface area contributed by atoms with Crippen molar-refractivity contribution in [1.29, 1.82) is 0 Å². The summed E-state index contributed by atoms with van der Waals surface area (Å²) in [5, 5.41) is 0. The van der Waals surface area contributed by atoms with Gasteiger partial charge in [0.1, 0.15) is 18.0 Å². The number of halogens is 3. The first-order chi connectivity index (χ1) is 10.1. The number of hydrogen-bond acceptors (Lipinski definition) is 3. The molecule has 0 unspecified atom stereocenters. The van der Waals surface area contributed by atoms with Crippen molar-refractivity contribution in [1.82, 2.24) is 0 Å². The van der Waals surface area contributed by atoms with E-state index in [-0.39, 0.29) is 12.4 Å². The average Bonchev–Trinajstić information content (AvgIpc) is 2.35. The molecule has 1 aromatic rings. The van der Waals surface area contributed by atoms with Crippen LogP contribution in [0.15, 0.2) is 24.3 Å². The Morgan fingerprint density at radius 3 is 2.68 bits per heavy atom. The molecule has 3 nitrogen and oxygen atoms in total. The van der Waals surface area contributed by atoms with Gasteiger partial charge in [-0.2, -0.15) is 13.2 Å². The summed E-state index contributed by atoms with van der Waals surface area (Å²) < 4.78 is 49.0. The molecule has 1 heterocycles. The van der Waals surface area contributed by atoms with Crippen LogP contribution in [0.1, 0.15) is 38.3 Å². The predicted octanol–water partition coefficient (Wildman–Crippen LogP) is 4.21. The molecule has 0 bridgehead atoms. The molecule has 0 radical (unpaired) electrons. The molecule has 0 N–H and O–H groups in total. The van der Waals surface area contributed by atoms with Crippen molar-refractivity contribution in [3.8, 4) is 5.75 Å². The zero-order valence-electron chi connectivity index (χ0n) is 12.6. The van der Waals surface area contributed by atoms with Crippen LogP contribution >= 0.6 is 0 Å². The van der Waals surface area contributed by atoms with Crippen LogP contribution in [0.3, 0.4) is 0 Å². The number of ether oxygens (including phenoxy) is 2. The van der Waals surface area contributed by atoms with Gasteiger partial charge in [0.15, 0.2) is 0 Å². The number of carbonyl (C=O) groups excluding carboxylic acids is 1. The highest BCUT2D eigenvalue weighted by atomic mass is 19.4. The van der Waals surface area contributed by atoms with Crippen molar-refractivity contribution in [3.63, 3.8) is 0 Å². The molecule has 0 fully saturated rings. The van der Waals surface area contributed by atoms with Crippen LogP contribution in [0.4, 0.5) is 13.2 Å². The highest BCUT2D eigenvalue weighted by molar-refractivity contribution is 5.74. The van der Waals surface area contributed by atoms with Crippen molar-refractivity contribution < 1.29 is 27.4 Å².